The average molecular weight is 248 g/mol. The number of nitrogens with zero attached hydrogens (tertiary/aromatic N) is 3. The number of hydrogen-bond acceptors (Lipinski definition) is 4. The van der Waals surface area contributed by atoms with Gasteiger partial charge in [-0.05, 0) is 6.42 Å². The summed E-state index contributed by atoms with van der Waals surface area (Å²) in [7, 11) is 0. The molecular formula is C10H15F3N4. The van der Waals surface area contributed by atoms with Gasteiger partial charge in [0.25, 0.3) is 0 Å². The highest BCUT2D eigenvalue weighted by Gasteiger charge is 2.31. The van der Waals surface area contributed by atoms with Crippen LogP contribution >= 0.6 is 0 Å². The zero-order valence-corrected chi connectivity index (χ0v) is 9.54. The van der Waals surface area contributed by atoms with Crippen molar-refractivity contribution >= 4 is 5.95 Å². The molecule has 0 amide bonds. The first-order valence-corrected chi connectivity index (χ1v) is 5.29. The fourth-order valence-electron chi connectivity index (χ4n) is 1.35. The van der Waals surface area contributed by atoms with Gasteiger partial charge in [-0.3, -0.25) is 0 Å². The Morgan fingerprint density at radius 2 is 1.88 bits per heavy atom. The molecule has 0 atom stereocenters. The summed E-state index contributed by atoms with van der Waals surface area (Å²) in [6.45, 7) is 1.30. The van der Waals surface area contributed by atoms with Crippen LogP contribution in [0.2, 0.25) is 0 Å². The summed E-state index contributed by atoms with van der Waals surface area (Å²) < 4.78 is 37.0. The molecule has 0 saturated heterocycles. The lowest BCUT2D eigenvalue weighted by Gasteiger charge is -2.23. The summed E-state index contributed by atoms with van der Waals surface area (Å²) in [5.41, 5.74) is 6.05. The minimum atomic E-state index is -4.26. The molecule has 0 aliphatic carbocycles. The molecular weight excluding hydrogens is 233 g/mol. The summed E-state index contributed by atoms with van der Waals surface area (Å²) in [5, 5.41) is 0. The van der Waals surface area contributed by atoms with Crippen LogP contribution in [0.25, 0.3) is 0 Å². The van der Waals surface area contributed by atoms with Gasteiger partial charge in [-0.2, -0.15) is 13.2 Å². The maximum absolute atomic E-state index is 12.3. The van der Waals surface area contributed by atoms with Crippen LogP contribution < -0.4 is 10.6 Å². The Balaban J connectivity index is 2.81. The van der Waals surface area contributed by atoms with Gasteiger partial charge in [-0.1, -0.05) is 6.92 Å². The van der Waals surface area contributed by atoms with Crippen LogP contribution in [0.5, 0.6) is 0 Å². The number of nitrogens with two attached hydrogens (primary N) is 1. The van der Waals surface area contributed by atoms with Gasteiger partial charge in [0.2, 0.25) is 5.95 Å². The standard InChI is InChI=1S/C10H15F3N4/c1-2-3-17(7-10(11,12)13)9-15-5-8(4-14)6-16-9/h5-6H,2-4,7,14H2,1H3. The first-order chi connectivity index (χ1) is 7.96. The van der Waals surface area contributed by atoms with E-state index in [1.807, 2.05) is 0 Å². The molecule has 1 aromatic rings. The van der Waals surface area contributed by atoms with Gasteiger partial charge in [0, 0.05) is 31.0 Å². The van der Waals surface area contributed by atoms with Crippen LogP contribution in [0.4, 0.5) is 19.1 Å². The average Bonchev–Trinajstić information content (AvgIpc) is 2.27. The third-order valence-electron chi connectivity index (χ3n) is 2.07. The van der Waals surface area contributed by atoms with E-state index in [4.69, 9.17) is 5.73 Å². The predicted octanol–water partition coefficient (Wildman–Crippen LogP) is 1.71. The molecule has 17 heavy (non-hydrogen) atoms. The second-order valence-electron chi connectivity index (χ2n) is 3.63. The Kier molecular flexibility index (Phi) is 4.68. The third kappa shape index (κ3) is 4.56. The quantitative estimate of drug-likeness (QED) is 0.862. The first-order valence-electron chi connectivity index (χ1n) is 5.29. The number of hydrogen-bond donors (Lipinski definition) is 1. The highest BCUT2D eigenvalue weighted by molar-refractivity contribution is 5.30. The van der Waals surface area contributed by atoms with E-state index in [0.717, 1.165) is 4.90 Å². The van der Waals surface area contributed by atoms with Gasteiger partial charge in [-0.25, -0.2) is 9.97 Å². The van der Waals surface area contributed by atoms with Crippen molar-refractivity contribution in [2.45, 2.75) is 26.1 Å². The van der Waals surface area contributed by atoms with E-state index >= 15 is 0 Å². The monoisotopic (exact) mass is 248 g/mol. The van der Waals surface area contributed by atoms with Crippen molar-refractivity contribution in [1.82, 2.24) is 9.97 Å². The molecule has 96 valence electrons. The van der Waals surface area contributed by atoms with E-state index in [2.05, 4.69) is 9.97 Å². The summed E-state index contributed by atoms with van der Waals surface area (Å²) >= 11 is 0. The highest BCUT2D eigenvalue weighted by Crippen LogP contribution is 2.19. The minimum absolute atomic E-state index is 0.0846. The molecule has 0 unspecified atom stereocenters. The fourth-order valence-corrected chi connectivity index (χ4v) is 1.35. The Hall–Kier alpha value is -1.37. The summed E-state index contributed by atoms with van der Waals surface area (Å²) in [6.07, 6.45) is -0.772. The molecule has 1 heterocycles. The van der Waals surface area contributed by atoms with E-state index in [1.54, 1.807) is 6.92 Å². The lowest BCUT2D eigenvalue weighted by molar-refractivity contribution is -0.119. The van der Waals surface area contributed by atoms with Gasteiger partial charge >= 0.3 is 6.18 Å². The number of alkyl halides is 3. The Morgan fingerprint density at radius 3 is 2.29 bits per heavy atom. The molecule has 0 bridgehead atoms. The van der Waals surface area contributed by atoms with Gasteiger partial charge < -0.3 is 10.6 Å². The molecule has 0 spiro atoms. The van der Waals surface area contributed by atoms with Crippen LogP contribution in [0, 0.1) is 0 Å². The molecule has 1 aromatic heterocycles. The smallest absolute Gasteiger partial charge is 0.332 e. The van der Waals surface area contributed by atoms with E-state index in [0.29, 0.717) is 12.0 Å². The van der Waals surface area contributed by atoms with Crippen LogP contribution in [-0.2, 0) is 6.54 Å². The molecule has 0 saturated carbocycles. The Bertz CT molecular complexity index is 336. The van der Waals surface area contributed by atoms with Gasteiger partial charge in [0.05, 0.1) is 0 Å². The third-order valence-corrected chi connectivity index (χ3v) is 2.07. The first kappa shape index (κ1) is 13.7. The zero-order valence-electron chi connectivity index (χ0n) is 9.54. The molecule has 0 fully saturated rings. The van der Waals surface area contributed by atoms with Crippen molar-refractivity contribution in [2.24, 2.45) is 5.73 Å². The van der Waals surface area contributed by atoms with E-state index in [9.17, 15) is 13.2 Å². The molecule has 0 aliphatic heterocycles. The topological polar surface area (TPSA) is 55.0 Å². The SMILES string of the molecule is CCCN(CC(F)(F)F)c1ncc(CN)cn1. The maximum atomic E-state index is 12.3. The normalized spacial score (nSPS) is 11.6. The van der Waals surface area contributed by atoms with Crippen LogP contribution in [0.1, 0.15) is 18.9 Å². The zero-order chi connectivity index (χ0) is 12.9. The second-order valence-corrected chi connectivity index (χ2v) is 3.63. The highest BCUT2D eigenvalue weighted by atomic mass is 19.4. The lowest BCUT2D eigenvalue weighted by atomic mass is 10.3. The molecule has 0 aliphatic rings. The summed E-state index contributed by atoms with van der Waals surface area (Å²) in [4.78, 5) is 8.89. The van der Waals surface area contributed by atoms with Crippen molar-refractivity contribution in [3.05, 3.63) is 18.0 Å². The van der Waals surface area contributed by atoms with E-state index < -0.39 is 12.7 Å². The largest absolute Gasteiger partial charge is 0.406 e. The summed E-state index contributed by atoms with van der Waals surface area (Å²) in [6, 6.07) is 0. The molecule has 0 radical (unpaired) electrons. The number of aromatic nitrogens is 2. The molecule has 7 heteroatoms. The second kappa shape index (κ2) is 5.81. The number of halogens is 3. The number of anilines is 1. The van der Waals surface area contributed by atoms with E-state index in [1.165, 1.54) is 12.4 Å². The minimum Gasteiger partial charge on any atom is -0.332 e. The van der Waals surface area contributed by atoms with Crippen molar-refractivity contribution in [2.75, 3.05) is 18.0 Å². The lowest BCUT2D eigenvalue weighted by Crippen LogP contribution is -2.36. The van der Waals surface area contributed by atoms with Gasteiger partial charge in [-0.15, -0.1) is 0 Å². The van der Waals surface area contributed by atoms with Crippen LogP contribution in [-0.4, -0.2) is 29.2 Å². The van der Waals surface area contributed by atoms with E-state index in [-0.39, 0.29) is 19.0 Å². The fraction of sp³-hybridized carbons (Fsp3) is 0.600. The molecule has 1 rings (SSSR count). The van der Waals surface area contributed by atoms with Crippen molar-refractivity contribution in [3.63, 3.8) is 0 Å². The van der Waals surface area contributed by atoms with Crippen molar-refractivity contribution < 1.29 is 13.2 Å². The maximum Gasteiger partial charge on any atom is 0.406 e. The Morgan fingerprint density at radius 1 is 1.29 bits per heavy atom. The molecule has 2 N–H and O–H groups in total. The van der Waals surface area contributed by atoms with Gasteiger partial charge in [0.1, 0.15) is 6.54 Å². The predicted molar refractivity (Wildman–Crippen MR) is 58.5 cm³/mol. The molecule has 0 aromatic carbocycles. The van der Waals surface area contributed by atoms with Gasteiger partial charge in [0.15, 0.2) is 0 Å². The Labute approximate surface area is 97.7 Å². The van der Waals surface area contributed by atoms with Crippen LogP contribution in [0.15, 0.2) is 12.4 Å². The number of rotatable bonds is 5. The van der Waals surface area contributed by atoms with Crippen molar-refractivity contribution in [3.8, 4) is 0 Å². The van der Waals surface area contributed by atoms with Crippen molar-refractivity contribution in [1.29, 1.82) is 0 Å². The summed E-state index contributed by atoms with van der Waals surface area (Å²) in [5.74, 6) is 0.0846. The molecule has 4 nitrogen and oxygen atoms in total. The van der Waals surface area contributed by atoms with Crippen LogP contribution in [0.3, 0.4) is 0 Å².